The van der Waals surface area contributed by atoms with Crippen molar-refractivity contribution in [2.45, 2.75) is 24.2 Å². The molecule has 0 aliphatic carbocycles. The van der Waals surface area contributed by atoms with Gasteiger partial charge in [0.2, 0.25) is 0 Å². The van der Waals surface area contributed by atoms with Gasteiger partial charge in [-0.25, -0.2) is 10.0 Å². The molecule has 2 aliphatic rings. The summed E-state index contributed by atoms with van der Waals surface area (Å²) in [5, 5.41) is 42.3. The summed E-state index contributed by atoms with van der Waals surface area (Å²) in [6.45, 7) is 0. The monoisotopic (exact) mass is 440 g/mol. The number of rotatable bonds is 6. The molecule has 0 aromatic heterocycles. The second-order valence-corrected chi connectivity index (χ2v) is 7.77. The van der Waals surface area contributed by atoms with E-state index in [1.165, 1.54) is 0 Å². The molecule has 2 aliphatic heterocycles. The standard InChI is InChI=1S/C22H20N2O8/c25-19(26)13-15(11-7-3-1-4-8-11)23-18(22(31)32)14(20(27)28)16(12-9-5-2-6-10-12)24(23)17(13)21(29)30/h1-10,13-18H,(H,25,26)(H,27,28)(H,29,30)(H,31,32)/t13-,14-,15+,16+,17+,18+/m0/s1. The SMILES string of the molecule is O=C(O)[C@H]1[C@@H](c2ccccc2)N2[C@@H](C(=O)O)[C@@H](C(=O)O)[C@@H](c3ccccc3)N2[C@H]1C(=O)O. The third-order valence-electron chi connectivity index (χ3n) is 6.13. The zero-order valence-electron chi connectivity index (χ0n) is 16.6. The van der Waals surface area contributed by atoms with Crippen LogP contribution in [0.3, 0.4) is 0 Å². The van der Waals surface area contributed by atoms with Crippen LogP contribution in [0.5, 0.6) is 0 Å². The Hall–Kier alpha value is -3.76. The number of hydrogen-bond donors (Lipinski definition) is 4. The number of carbonyl (C=O) groups is 4. The van der Waals surface area contributed by atoms with Crippen LogP contribution in [0.2, 0.25) is 0 Å². The van der Waals surface area contributed by atoms with Crippen molar-refractivity contribution in [3.63, 3.8) is 0 Å². The summed E-state index contributed by atoms with van der Waals surface area (Å²) in [5.41, 5.74) is 0.774. The molecular weight excluding hydrogens is 420 g/mol. The molecule has 166 valence electrons. The normalized spacial score (nSPS) is 30.0. The van der Waals surface area contributed by atoms with E-state index in [0.29, 0.717) is 11.1 Å². The number of carboxylic acids is 4. The molecule has 4 rings (SSSR count). The van der Waals surface area contributed by atoms with Crippen molar-refractivity contribution < 1.29 is 39.6 Å². The van der Waals surface area contributed by atoms with Gasteiger partial charge in [0.1, 0.15) is 23.9 Å². The van der Waals surface area contributed by atoms with Crippen LogP contribution in [0, 0.1) is 11.8 Å². The van der Waals surface area contributed by atoms with E-state index in [1.54, 1.807) is 60.7 Å². The van der Waals surface area contributed by atoms with Gasteiger partial charge >= 0.3 is 23.9 Å². The van der Waals surface area contributed by atoms with Gasteiger partial charge in [0, 0.05) is 0 Å². The topological polar surface area (TPSA) is 156 Å². The summed E-state index contributed by atoms with van der Waals surface area (Å²) in [6.07, 6.45) is 0. The zero-order valence-corrected chi connectivity index (χ0v) is 16.6. The summed E-state index contributed by atoms with van der Waals surface area (Å²) in [5.74, 6) is -8.84. The van der Waals surface area contributed by atoms with Gasteiger partial charge in [0.25, 0.3) is 0 Å². The first-order valence-corrected chi connectivity index (χ1v) is 9.83. The van der Waals surface area contributed by atoms with Crippen molar-refractivity contribution in [3.05, 3.63) is 71.8 Å². The Morgan fingerprint density at radius 3 is 1.09 bits per heavy atom. The van der Waals surface area contributed by atoms with E-state index >= 15 is 0 Å². The van der Waals surface area contributed by atoms with Gasteiger partial charge in [-0.15, -0.1) is 0 Å². The van der Waals surface area contributed by atoms with E-state index in [9.17, 15) is 39.6 Å². The minimum Gasteiger partial charge on any atom is -0.481 e. The quantitative estimate of drug-likeness (QED) is 0.517. The molecule has 4 N–H and O–H groups in total. The number of hydrogen-bond acceptors (Lipinski definition) is 6. The van der Waals surface area contributed by atoms with Gasteiger partial charge in [0.15, 0.2) is 0 Å². The van der Waals surface area contributed by atoms with E-state index < -0.39 is 59.9 Å². The van der Waals surface area contributed by atoms with Gasteiger partial charge in [-0.1, -0.05) is 60.7 Å². The maximum atomic E-state index is 12.3. The smallest absolute Gasteiger partial charge is 0.323 e. The molecule has 0 bridgehead atoms. The number of benzene rings is 2. The van der Waals surface area contributed by atoms with Crippen LogP contribution >= 0.6 is 0 Å². The average molecular weight is 440 g/mol. The first kappa shape index (κ1) is 21.5. The average Bonchev–Trinajstić information content (AvgIpc) is 3.27. The highest BCUT2D eigenvalue weighted by molar-refractivity contribution is 5.88. The molecule has 0 radical (unpaired) electrons. The Labute approximate surface area is 181 Å². The van der Waals surface area contributed by atoms with Crippen LogP contribution in [0.25, 0.3) is 0 Å². The molecule has 10 nitrogen and oxygen atoms in total. The maximum absolute atomic E-state index is 12.3. The summed E-state index contributed by atoms with van der Waals surface area (Å²) >= 11 is 0. The van der Waals surface area contributed by atoms with Crippen molar-refractivity contribution in [2.24, 2.45) is 11.8 Å². The minimum atomic E-state index is -1.67. The van der Waals surface area contributed by atoms with Gasteiger partial charge < -0.3 is 20.4 Å². The maximum Gasteiger partial charge on any atom is 0.323 e. The van der Waals surface area contributed by atoms with Gasteiger partial charge in [-0.3, -0.25) is 19.2 Å². The van der Waals surface area contributed by atoms with Crippen molar-refractivity contribution >= 4 is 23.9 Å². The first-order chi connectivity index (χ1) is 15.3. The van der Waals surface area contributed by atoms with Crippen LogP contribution in [0.15, 0.2) is 60.7 Å². The van der Waals surface area contributed by atoms with E-state index in [0.717, 1.165) is 10.0 Å². The van der Waals surface area contributed by atoms with Crippen LogP contribution < -0.4 is 0 Å². The fraction of sp³-hybridized carbons (Fsp3) is 0.273. The summed E-state index contributed by atoms with van der Waals surface area (Å²) in [7, 11) is 0. The van der Waals surface area contributed by atoms with E-state index in [1.807, 2.05) is 0 Å². The van der Waals surface area contributed by atoms with E-state index in [2.05, 4.69) is 0 Å². The molecular formula is C22H20N2O8. The Morgan fingerprint density at radius 2 is 0.844 bits per heavy atom. The van der Waals surface area contributed by atoms with Crippen LogP contribution in [0.1, 0.15) is 23.2 Å². The lowest BCUT2D eigenvalue weighted by Gasteiger charge is -2.31. The third kappa shape index (κ3) is 3.20. The Kier molecular flexibility index (Phi) is 5.41. The first-order valence-electron chi connectivity index (χ1n) is 9.83. The van der Waals surface area contributed by atoms with Crippen molar-refractivity contribution in [3.8, 4) is 0 Å². The largest absolute Gasteiger partial charge is 0.481 e. The predicted molar refractivity (Wildman–Crippen MR) is 107 cm³/mol. The predicted octanol–water partition coefficient (Wildman–Crippen LogP) is 1.32. The highest BCUT2D eigenvalue weighted by atomic mass is 16.4. The fourth-order valence-corrected chi connectivity index (χ4v) is 5.02. The van der Waals surface area contributed by atoms with Crippen molar-refractivity contribution in [1.82, 2.24) is 10.0 Å². The third-order valence-corrected chi connectivity index (χ3v) is 6.13. The lowest BCUT2D eigenvalue weighted by atomic mass is 9.82. The van der Waals surface area contributed by atoms with Crippen LogP contribution in [0.4, 0.5) is 0 Å². The molecule has 2 aromatic rings. The molecule has 2 heterocycles. The Balaban J connectivity index is 2.00. The molecule has 2 aromatic carbocycles. The summed E-state index contributed by atoms with van der Waals surface area (Å²) in [4.78, 5) is 49.3. The van der Waals surface area contributed by atoms with Gasteiger partial charge in [-0.2, -0.15) is 0 Å². The molecule has 0 amide bonds. The second kappa shape index (κ2) is 8.06. The van der Waals surface area contributed by atoms with Gasteiger partial charge in [0.05, 0.1) is 12.1 Å². The minimum absolute atomic E-state index is 0.387. The lowest BCUT2D eigenvalue weighted by Crippen LogP contribution is -2.46. The molecule has 10 heteroatoms. The Bertz CT molecular complexity index is 975. The fourth-order valence-electron chi connectivity index (χ4n) is 5.02. The molecule has 32 heavy (non-hydrogen) atoms. The number of fused-ring (bicyclic) bond motifs is 1. The molecule has 0 spiro atoms. The van der Waals surface area contributed by atoms with Gasteiger partial charge in [-0.05, 0) is 11.1 Å². The molecule has 6 atom stereocenters. The van der Waals surface area contributed by atoms with Crippen LogP contribution in [-0.4, -0.2) is 66.4 Å². The summed E-state index contributed by atoms with van der Waals surface area (Å²) < 4.78 is 0. The van der Waals surface area contributed by atoms with Crippen molar-refractivity contribution in [1.29, 1.82) is 0 Å². The number of aliphatic carboxylic acids is 4. The Morgan fingerprint density at radius 1 is 0.531 bits per heavy atom. The highest BCUT2D eigenvalue weighted by Crippen LogP contribution is 2.55. The molecule has 2 saturated heterocycles. The van der Waals surface area contributed by atoms with E-state index in [-0.39, 0.29) is 0 Å². The zero-order chi connectivity index (χ0) is 23.2. The lowest BCUT2D eigenvalue weighted by molar-refractivity contribution is -0.156. The summed E-state index contributed by atoms with van der Waals surface area (Å²) in [6, 6.07) is 10.5. The highest BCUT2D eigenvalue weighted by Gasteiger charge is 2.68. The number of carboxylic acid groups (broad SMARTS) is 4. The number of nitrogens with zero attached hydrogens (tertiary/aromatic N) is 2. The van der Waals surface area contributed by atoms with E-state index in [4.69, 9.17) is 0 Å². The second-order valence-electron chi connectivity index (χ2n) is 7.77. The van der Waals surface area contributed by atoms with Crippen molar-refractivity contribution in [2.75, 3.05) is 0 Å². The molecule has 2 fully saturated rings. The van der Waals surface area contributed by atoms with Crippen LogP contribution in [-0.2, 0) is 19.2 Å². The molecule has 0 unspecified atom stereocenters. The number of hydrazine groups is 1. The molecule has 0 saturated carbocycles.